The molecule has 0 radical (unpaired) electrons. The standard InChI is InChI=1S/C5H8F3NOS/c1-10-4(11)9-3-2-5(6,7)8/h2-3H2,1H3,(H,9,11). The van der Waals surface area contributed by atoms with E-state index in [2.05, 4.69) is 22.3 Å². The summed E-state index contributed by atoms with van der Waals surface area (Å²) >= 11 is 4.44. The van der Waals surface area contributed by atoms with Crippen LogP contribution in [0.25, 0.3) is 0 Å². The van der Waals surface area contributed by atoms with Crippen LogP contribution in [-0.4, -0.2) is 25.0 Å². The maximum atomic E-state index is 11.5. The lowest BCUT2D eigenvalue weighted by Crippen LogP contribution is -2.27. The molecule has 6 heteroatoms. The third kappa shape index (κ3) is 7.38. The van der Waals surface area contributed by atoms with E-state index in [1.165, 1.54) is 7.11 Å². The second-order valence-electron chi connectivity index (χ2n) is 1.78. The molecule has 0 spiro atoms. The summed E-state index contributed by atoms with van der Waals surface area (Å²) in [5.41, 5.74) is 0. The zero-order valence-electron chi connectivity index (χ0n) is 5.86. The number of methoxy groups -OCH3 is 1. The summed E-state index contributed by atoms with van der Waals surface area (Å²) < 4.78 is 38.9. The second-order valence-corrected chi connectivity index (χ2v) is 2.15. The number of ether oxygens (including phenoxy) is 1. The average molecular weight is 187 g/mol. The number of thiocarbonyl (C=S) groups is 1. The van der Waals surface area contributed by atoms with Crippen molar-refractivity contribution in [2.24, 2.45) is 0 Å². The van der Waals surface area contributed by atoms with Gasteiger partial charge >= 0.3 is 6.18 Å². The Kier molecular flexibility index (Phi) is 4.17. The van der Waals surface area contributed by atoms with E-state index in [-0.39, 0.29) is 11.7 Å². The molecule has 0 unspecified atom stereocenters. The Labute approximate surface area is 67.7 Å². The normalized spacial score (nSPS) is 10.9. The summed E-state index contributed by atoms with van der Waals surface area (Å²) in [6.07, 6.45) is -5.05. The largest absolute Gasteiger partial charge is 0.474 e. The van der Waals surface area contributed by atoms with Gasteiger partial charge in [0.25, 0.3) is 5.17 Å². The first kappa shape index (κ1) is 10.5. The summed E-state index contributed by atoms with van der Waals surface area (Å²) in [7, 11) is 1.29. The van der Waals surface area contributed by atoms with Gasteiger partial charge in [-0.15, -0.1) is 0 Å². The summed E-state index contributed by atoms with van der Waals surface area (Å²) in [6.45, 7) is -0.240. The third-order valence-electron chi connectivity index (χ3n) is 0.863. The number of nitrogens with one attached hydrogen (secondary N) is 1. The Bertz CT molecular complexity index is 136. The molecule has 0 saturated carbocycles. The fraction of sp³-hybridized carbons (Fsp3) is 0.800. The van der Waals surface area contributed by atoms with Crippen LogP contribution < -0.4 is 5.32 Å². The number of hydrogen-bond donors (Lipinski definition) is 1. The van der Waals surface area contributed by atoms with Gasteiger partial charge in [0, 0.05) is 6.54 Å². The van der Waals surface area contributed by atoms with Crippen molar-refractivity contribution < 1.29 is 17.9 Å². The van der Waals surface area contributed by atoms with E-state index >= 15 is 0 Å². The van der Waals surface area contributed by atoms with E-state index in [4.69, 9.17) is 0 Å². The molecule has 0 atom stereocenters. The topological polar surface area (TPSA) is 21.3 Å². The number of hydrogen-bond acceptors (Lipinski definition) is 2. The van der Waals surface area contributed by atoms with E-state index in [0.29, 0.717) is 0 Å². The number of alkyl halides is 3. The molecule has 66 valence electrons. The van der Waals surface area contributed by atoms with E-state index in [0.717, 1.165) is 0 Å². The zero-order chi connectivity index (χ0) is 8.91. The first-order valence-electron chi connectivity index (χ1n) is 2.84. The van der Waals surface area contributed by atoms with Crippen LogP contribution in [-0.2, 0) is 4.74 Å². The van der Waals surface area contributed by atoms with Crippen molar-refractivity contribution in [2.75, 3.05) is 13.7 Å². The Morgan fingerprint density at radius 2 is 2.09 bits per heavy atom. The minimum atomic E-state index is -4.14. The van der Waals surface area contributed by atoms with Crippen molar-refractivity contribution in [2.45, 2.75) is 12.6 Å². The van der Waals surface area contributed by atoms with Crippen LogP contribution in [0.4, 0.5) is 13.2 Å². The molecule has 0 saturated heterocycles. The van der Waals surface area contributed by atoms with Gasteiger partial charge in [-0.1, -0.05) is 0 Å². The van der Waals surface area contributed by atoms with Crippen molar-refractivity contribution in [3.63, 3.8) is 0 Å². The van der Waals surface area contributed by atoms with Gasteiger partial charge in [0.1, 0.15) is 0 Å². The molecule has 2 nitrogen and oxygen atoms in total. The highest BCUT2D eigenvalue weighted by Gasteiger charge is 2.26. The van der Waals surface area contributed by atoms with E-state index in [1.54, 1.807) is 0 Å². The zero-order valence-corrected chi connectivity index (χ0v) is 6.68. The van der Waals surface area contributed by atoms with Gasteiger partial charge in [0.05, 0.1) is 13.5 Å². The van der Waals surface area contributed by atoms with Crippen LogP contribution in [0, 0.1) is 0 Å². The Balaban J connectivity index is 3.35. The summed E-state index contributed by atoms with van der Waals surface area (Å²) in [5.74, 6) is 0. The molecule has 0 aromatic rings. The minimum Gasteiger partial charge on any atom is -0.474 e. The van der Waals surface area contributed by atoms with Crippen molar-refractivity contribution in [1.29, 1.82) is 0 Å². The molecule has 0 rings (SSSR count). The fourth-order valence-electron chi connectivity index (χ4n) is 0.378. The lowest BCUT2D eigenvalue weighted by molar-refractivity contribution is -0.132. The Morgan fingerprint density at radius 3 is 2.45 bits per heavy atom. The molecule has 0 fully saturated rings. The van der Waals surface area contributed by atoms with Crippen LogP contribution in [0.15, 0.2) is 0 Å². The smallest absolute Gasteiger partial charge is 0.390 e. The molecule has 0 aliphatic carbocycles. The summed E-state index contributed by atoms with van der Waals surface area (Å²) in [5, 5.41) is 2.26. The molecule has 0 bridgehead atoms. The van der Waals surface area contributed by atoms with Gasteiger partial charge in [0.15, 0.2) is 0 Å². The SMILES string of the molecule is COC(=S)NCCC(F)(F)F. The molecule has 11 heavy (non-hydrogen) atoms. The molecule has 0 aromatic heterocycles. The van der Waals surface area contributed by atoms with Crippen LogP contribution in [0.3, 0.4) is 0 Å². The predicted octanol–water partition coefficient (Wildman–Crippen LogP) is 1.46. The number of rotatable bonds is 2. The summed E-state index contributed by atoms with van der Waals surface area (Å²) in [4.78, 5) is 0. The van der Waals surface area contributed by atoms with Gasteiger partial charge in [-0.3, -0.25) is 0 Å². The van der Waals surface area contributed by atoms with Gasteiger partial charge < -0.3 is 10.1 Å². The molecular formula is C5H8F3NOS. The first-order valence-corrected chi connectivity index (χ1v) is 3.25. The molecule has 0 aliphatic rings. The van der Waals surface area contributed by atoms with Crippen LogP contribution in [0.1, 0.15) is 6.42 Å². The average Bonchev–Trinajstić information content (AvgIpc) is 1.85. The minimum absolute atomic E-state index is 0.0192. The lowest BCUT2D eigenvalue weighted by atomic mass is 10.4. The number of halogens is 3. The third-order valence-corrected chi connectivity index (χ3v) is 1.17. The van der Waals surface area contributed by atoms with Gasteiger partial charge in [0.2, 0.25) is 0 Å². The molecule has 0 aromatic carbocycles. The summed E-state index contributed by atoms with van der Waals surface area (Å²) in [6, 6.07) is 0. The highest BCUT2D eigenvalue weighted by atomic mass is 32.1. The van der Waals surface area contributed by atoms with Crippen LogP contribution >= 0.6 is 12.2 Å². The molecule has 0 heterocycles. The van der Waals surface area contributed by atoms with Gasteiger partial charge in [-0.2, -0.15) is 13.2 Å². The van der Waals surface area contributed by atoms with E-state index < -0.39 is 12.6 Å². The maximum Gasteiger partial charge on any atom is 0.390 e. The van der Waals surface area contributed by atoms with E-state index in [9.17, 15) is 13.2 Å². The molecule has 0 amide bonds. The quantitative estimate of drug-likeness (QED) is 0.661. The Morgan fingerprint density at radius 1 is 1.55 bits per heavy atom. The van der Waals surface area contributed by atoms with Crippen molar-refractivity contribution >= 4 is 17.4 Å². The van der Waals surface area contributed by atoms with Gasteiger partial charge in [-0.25, -0.2) is 0 Å². The van der Waals surface area contributed by atoms with Crippen molar-refractivity contribution in [1.82, 2.24) is 5.32 Å². The predicted molar refractivity (Wildman–Crippen MR) is 38.3 cm³/mol. The monoisotopic (exact) mass is 187 g/mol. The maximum absolute atomic E-state index is 11.5. The van der Waals surface area contributed by atoms with Crippen LogP contribution in [0.2, 0.25) is 0 Å². The Hall–Kier alpha value is -0.520. The lowest BCUT2D eigenvalue weighted by Gasteiger charge is -2.07. The van der Waals surface area contributed by atoms with Crippen molar-refractivity contribution in [3.8, 4) is 0 Å². The first-order chi connectivity index (χ1) is 4.95. The van der Waals surface area contributed by atoms with Crippen LogP contribution in [0.5, 0.6) is 0 Å². The molecule has 0 aliphatic heterocycles. The second kappa shape index (κ2) is 4.38. The molecule has 1 N–H and O–H groups in total. The van der Waals surface area contributed by atoms with Gasteiger partial charge in [-0.05, 0) is 12.2 Å². The fourth-order valence-corrected chi connectivity index (χ4v) is 0.481. The van der Waals surface area contributed by atoms with Crippen molar-refractivity contribution in [3.05, 3.63) is 0 Å². The van der Waals surface area contributed by atoms with E-state index in [1.807, 2.05) is 0 Å². The molecular weight excluding hydrogens is 179 g/mol. The highest BCUT2D eigenvalue weighted by molar-refractivity contribution is 7.80. The highest BCUT2D eigenvalue weighted by Crippen LogP contribution is 2.17.